The molecule has 0 aromatic carbocycles. The first kappa shape index (κ1) is 31.1. The zero-order valence-corrected chi connectivity index (χ0v) is 22.2. The van der Waals surface area contributed by atoms with Crippen molar-refractivity contribution in [2.24, 2.45) is 0 Å². The lowest BCUT2D eigenvalue weighted by Crippen LogP contribution is -2.37. The van der Waals surface area contributed by atoms with Crippen molar-refractivity contribution in [2.75, 3.05) is 0 Å². The molecule has 0 N–H and O–H groups in total. The van der Waals surface area contributed by atoms with Gasteiger partial charge in [-0.25, -0.2) is 9.59 Å². The van der Waals surface area contributed by atoms with Gasteiger partial charge in [0.2, 0.25) is 12.2 Å². The predicted molar refractivity (Wildman–Crippen MR) is 135 cm³/mol. The molecule has 0 aromatic rings. The lowest BCUT2D eigenvalue weighted by Gasteiger charge is -2.15. The largest absolute Gasteiger partial charge is 0.446 e. The van der Waals surface area contributed by atoms with Crippen LogP contribution in [0.4, 0.5) is 0 Å². The van der Waals surface area contributed by atoms with Gasteiger partial charge in [0.25, 0.3) is 0 Å². The van der Waals surface area contributed by atoms with Crippen LogP contribution in [0.2, 0.25) is 0 Å². The third kappa shape index (κ3) is 14.9. The zero-order valence-electron chi connectivity index (χ0n) is 22.2. The summed E-state index contributed by atoms with van der Waals surface area (Å²) in [5.41, 5.74) is 0. The maximum absolute atomic E-state index is 12.2. The standard InChI is InChI=1S/C28H48O7/c1-3-5-7-9-11-13-15-17-19-21-23(29)33-25-26(28(32)35-27(25)31)34-24(30)22-20-18-16-14-12-10-8-6-4-2/h25-26H,3-22H2,1-2H3. The Balaban J connectivity index is 2.21. The minimum absolute atomic E-state index is 0.160. The molecule has 1 aliphatic rings. The molecule has 7 nitrogen and oxygen atoms in total. The van der Waals surface area contributed by atoms with Gasteiger partial charge in [-0.05, 0) is 12.8 Å². The summed E-state index contributed by atoms with van der Waals surface area (Å²) in [4.78, 5) is 48.2. The van der Waals surface area contributed by atoms with Gasteiger partial charge < -0.3 is 14.2 Å². The molecule has 0 aliphatic carbocycles. The van der Waals surface area contributed by atoms with E-state index in [2.05, 4.69) is 18.6 Å². The third-order valence-electron chi connectivity index (χ3n) is 6.43. The Labute approximate surface area is 212 Å². The summed E-state index contributed by atoms with van der Waals surface area (Å²) >= 11 is 0. The second-order valence-corrected chi connectivity index (χ2v) is 9.72. The van der Waals surface area contributed by atoms with E-state index in [1.807, 2.05) is 0 Å². The van der Waals surface area contributed by atoms with Crippen molar-refractivity contribution >= 4 is 23.9 Å². The number of hydrogen-bond acceptors (Lipinski definition) is 7. The maximum Gasteiger partial charge on any atom is 0.359 e. The molecule has 0 radical (unpaired) electrons. The average Bonchev–Trinajstić information content (AvgIpc) is 3.08. The molecule has 0 spiro atoms. The first-order chi connectivity index (χ1) is 17.0. The smallest absolute Gasteiger partial charge is 0.359 e. The summed E-state index contributed by atoms with van der Waals surface area (Å²) in [5, 5.41) is 0. The molecule has 1 saturated heterocycles. The second kappa shape index (κ2) is 20.3. The van der Waals surface area contributed by atoms with Gasteiger partial charge in [-0.15, -0.1) is 0 Å². The van der Waals surface area contributed by atoms with Crippen LogP contribution in [-0.4, -0.2) is 36.1 Å². The molecule has 2 unspecified atom stereocenters. The molecule has 7 heteroatoms. The molecular formula is C28H48O7. The van der Waals surface area contributed by atoms with Gasteiger partial charge in [0.05, 0.1) is 0 Å². The quantitative estimate of drug-likeness (QED) is 0.0709. The Morgan fingerprint density at radius 2 is 0.829 bits per heavy atom. The van der Waals surface area contributed by atoms with E-state index in [-0.39, 0.29) is 12.8 Å². The van der Waals surface area contributed by atoms with Gasteiger partial charge in [-0.3, -0.25) is 9.59 Å². The molecule has 1 fully saturated rings. The highest BCUT2D eigenvalue weighted by atomic mass is 16.7. The van der Waals surface area contributed by atoms with Gasteiger partial charge in [0.1, 0.15) is 0 Å². The van der Waals surface area contributed by atoms with Crippen molar-refractivity contribution in [3.05, 3.63) is 0 Å². The fourth-order valence-corrected chi connectivity index (χ4v) is 4.24. The van der Waals surface area contributed by atoms with Crippen LogP contribution >= 0.6 is 0 Å². The Morgan fingerprint density at radius 1 is 0.543 bits per heavy atom. The minimum Gasteiger partial charge on any atom is -0.446 e. The van der Waals surface area contributed by atoms with Gasteiger partial charge in [-0.2, -0.15) is 0 Å². The van der Waals surface area contributed by atoms with Crippen molar-refractivity contribution in [1.29, 1.82) is 0 Å². The Kier molecular flexibility index (Phi) is 18.0. The van der Waals surface area contributed by atoms with Crippen LogP contribution in [0.1, 0.15) is 142 Å². The van der Waals surface area contributed by atoms with E-state index in [1.54, 1.807) is 0 Å². The molecule has 0 saturated carbocycles. The topological polar surface area (TPSA) is 96.0 Å². The minimum atomic E-state index is -1.50. The number of ether oxygens (including phenoxy) is 3. The molecule has 202 valence electrons. The fourth-order valence-electron chi connectivity index (χ4n) is 4.24. The maximum atomic E-state index is 12.2. The van der Waals surface area contributed by atoms with Crippen molar-refractivity contribution in [1.82, 2.24) is 0 Å². The third-order valence-corrected chi connectivity index (χ3v) is 6.43. The highest BCUT2D eigenvalue weighted by Crippen LogP contribution is 2.20. The average molecular weight is 497 g/mol. The van der Waals surface area contributed by atoms with Crippen molar-refractivity contribution in [2.45, 2.75) is 154 Å². The van der Waals surface area contributed by atoms with Gasteiger partial charge >= 0.3 is 23.9 Å². The Bertz CT molecular complexity index is 564. The monoisotopic (exact) mass is 496 g/mol. The van der Waals surface area contributed by atoms with Crippen molar-refractivity contribution in [3.8, 4) is 0 Å². The van der Waals surface area contributed by atoms with E-state index in [0.29, 0.717) is 12.8 Å². The van der Waals surface area contributed by atoms with Gasteiger partial charge in [0, 0.05) is 12.8 Å². The molecule has 1 aliphatic heterocycles. The molecule has 2 atom stereocenters. The van der Waals surface area contributed by atoms with Crippen molar-refractivity contribution in [3.63, 3.8) is 0 Å². The molecular weight excluding hydrogens is 448 g/mol. The number of carbonyl (C=O) groups is 4. The van der Waals surface area contributed by atoms with E-state index in [1.165, 1.54) is 64.2 Å². The fraction of sp³-hybridized carbons (Fsp3) is 0.857. The normalized spacial score (nSPS) is 17.4. The van der Waals surface area contributed by atoms with E-state index in [4.69, 9.17) is 9.47 Å². The van der Waals surface area contributed by atoms with Crippen LogP contribution in [0.15, 0.2) is 0 Å². The van der Waals surface area contributed by atoms with Crippen LogP contribution in [0, 0.1) is 0 Å². The molecule has 35 heavy (non-hydrogen) atoms. The lowest BCUT2D eigenvalue weighted by atomic mass is 10.1. The summed E-state index contributed by atoms with van der Waals surface area (Å²) in [6.45, 7) is 4.40. The SMILES string of the molecule is CCCCCCCCCCCC(=O)OC1C(=O)OC(=O)C1OC(=O)CCCCCCCCCCC. The van der Waals surface area contributed by atoms with Crippen LogP contribution < -0.4 is 0 Å². The summed E-state index contributed by atoms with van der Waals surface area (Å²) in [6.07, 6.45) is 17.4. The summed E-state index contributed by atoms with van der Waals surface area (Å²) in [6, 6.07) is 0. The van der Waals surface area contributed by atoms with Crippen LogP contribution in [0.25, 0.3) is 0 Å². The molecule has 0 amide bonds. The van der Waals surface area contributed by atoms with Crippen LogP contribution in [-0.2, 0) is 33.4 Å². The number of carbonyl (C=O) groups excluding carboxylic acids is 4. The molecule has 0 bridgehead atoms. The van der Waals surface area contributed by atoms with E-state index in [0.717, 1.165) is 38.5 Å². The van der Waals surface area contributed by atoms with E-state index >= 15 is 0 Å². The number of rotatable bonds is 22. The Morgan fingerprint density at radius 3 is 1.14 bits per heavy atom. The number of esters is 4. The highest BCUT2D eigenvalue weighted by Gasteiger charge is 2.50. The number of unbranched alkanes of at least 4 members (excludes halogenated alkanes) is 16. The highest BCUT2D eigenvalue weighted by molar-refractivity contribution is 6.01. The number of cyclic esters (lactones) is 2. The van der Waals surface area contributed by atoms with Crippen molar-refractivity contribution < 1.29 is 33.4 Å². The first-order valence-electron chi connectivity index (χ1n) is 14.1. The van der Waals surface area contributed by atoms with E-state index < -0.39 is 36.1 Å². The van der Waals surface area contributed by atoms with Gasteiger partial charge in [0.15, 0.2) is 0 Å². The molecule has 0 aromatic heterocycles. The molecule has 1 heterocycles. The van der Waals surface area contributed by atoms with Gasteiger partial charge in [-0.1, -0.05) is 117 Å². The number of hydrogen-bond donors (Lipinski definition) is 0. The molecule has 1 rings (SSSR count). The van der Waals surface area contributed by atoms with Crippen LogP contribution in [0.3, 0.4) is 0 Å². The second-order valence-electron chi connectivity index (χ2n) is 9.72. The van der Waals surface area contributed by atoms with E-state index in [9.17, 15) is 19.2 Å². The summed E-state index contributed by atoms with van der Waals surface area (Å²) in [7, 11) is 0. The summed E-state index contributed by atoms with van der Waals surface area (Å²) in [5.74, 6) is -3.11. The summed E-state index contributed by atoms with van der Waals surface area (Å²) < 4.78 is 14.9. The first-order valence-corrected chi connectivity index (χ1v) is 14.1. The Hall–Kier alpha value is -1.92. The van der Waals surface area contributed by atoms with Crippen LogP contribution in [0.5, 0.6) is 0 Å². The predicted octanol–water partition coefficient (Wildman–Crippen LogP) is 6.74. The lowest BCUT2D eigenvalue weighted by molar-refractivity contribution is -0.169. The zero-order chi connectivity index (χ0) is 25.7.